The molecule has 0 amide bonds. The Bertz CT molecular complexity index is 954. The van der Waals surface area contributed by atoms with Crippen molar-refractivity contribution < 1.29 is 4.68 Å². The summed E-state index contributed by atoms with van der Waals surface area (Å²) in [5, 5.41) is 5.20. The number of rotatable bonds is 3. The van der Waals surface area contributed by atoms with Crippen LogP contribution in [0, 0.1) is 24.1 Å². The number of hydrogen-bond acceptors (Lipinski definition) is 1. The molecule has 148 valence electrons. The average Bonchev–Trinajstić information content (AvgIpc) is 3.14. The minimum absolute atomic E-state index is 0.166. The van der Waals surface area contributed by atoms with Crippen LogP contribution in [0.1, 0.15) is 38.5 Å². The van der Waals surface area contributed by atoms with Crippen molar-refractivity contribution in [1.82, 2.24) is 9.67 Å². The van der Waals surface area contributed by atoms with Crippen molar-refractivity contribution in [3.8, 4) is 17.1 Å². The first-order valence-electron chi connectivity index (χ1n) is 10.5. The van der Waals surface area contributed by atoms with Gasteiger partial charge in [-0.1, -0.05) is 68.3 Å². The van der Waals surface area contributed by atoms with Crippen molar-refractivity contribution in [3.63, 3.8) is 0 Å². The zero-order valence-corrected chi connectivity index (χ0v) is 19.4. The fourth-order valence-electron chi connectivity index (χ4n) is 6.40. The van der Waals surface area contributed by atoms with Gasteiger partial charge in [0.05, 0.1) is 0 Å². The molecule has 0 saturated heterocycles. The van der Waals surface area contributed by atoms with Crippen LogP contribution in [-0.4, -0.2) is 9.67 Å². The van der Waals surface area contributed by atoms with Crippen LogP contribution in [0.2, 0.25) is 0 Å². The van der Waals surface area contributed by atoms with Crippen LogP contribution >= 0.6 is 31.9 Å². The Balaban J connectivity index is 1.49. The summed E-state index contributed by atoms with van der Waals surface area (Å²) in [6.45, 7) is 0. The molecule has 4 aliphatic rings. The minimum Gasteiger partial charge on any atom is -0.336 e. The van der Waals surface area contributed by atoms with Gasteiger partial charge in [0, 0.05) is 14.6 Å². The monoisotopic (exact) mass is 511 g/mol. The molecule has 4 fully saturated rings. The molecule has 1 heterocycles. The van der Waals surface area contributed by atoms with Crippen molar-refractivity contribution in [3.05, 3.63) is 63.8 Å². The van der Waals surface area contributed by atoms with Gasteiger partial charge >= 0.3 is 0 Å². The Morgan fingerprint density at radius 2 is 1.34 bits per heavy atom. The summed E-state index contributed by atoms with van der Waals surface area (Å²) in [5.74, 6) is 3.62. The van der Waals surface area contributed by atoms with Gasteiger partial charge in [-0.25, -0.2) is 0 Å². The molecular formula is C24H23Br2N3. The summed E-state index contributed by atoms with van der Waals surface area (Å²) in [7, 11) is 0. The predicted molar refractivity (Wildman–Crippen MR) is 120 cm³/mol. The molecule has 0 atom stereocenters. The molecule has 4 bridgehead atoms. The summed E-state index contributed by atoms with van der Waals surface area (Å²) < 4.78 is 6.55. The van der Waals surface area contributed by atoms with E-state index in [1.807, 2.05) is 0 Å². The van der Waals surface area contributed by atoms with Crippen LogP contribution in [0.25, 0.3) is 17.1 Å². The number of benzene rings is 2. The molecular weight excluding hydrogens is 490 g/mol. The Morgan fingerprint density at radius 1 is 0.828 bits per heavy atom. The summed E-state index contributed by atoms with van der Waals surface area (Å²) in [6, 6.07) is 16.9. The molecule has 7 rings (SSSR count). The molecule has 3 aromatic rings. The smallest absolute Gasteiger partial charge is 0.235 e. The molecule has 0 unspecified atom stereocenters. The second-order valence-electron chi connectivity index (χ2n) is 9.30. The second kappa shape index (κ2) is 6.78. The van der Waals surface area contributed by atoms with Crippen molar-refractivity contribution in [2.24, 2.45) is 17.8 Å². The topological polar surface area (TPSA) is 21.7 Å². The van der Waals surface area contributed by atoms with Crippen molar-refractivity contribution in [2.75, 3.05) is 0 Å². The maximum absolute atomic E-state index is 5.20. The lowest BCUT2D eigenvalue weighted by Gasteiger charge is -2.54. The molecule has 0 N–H and O–H groups in total. The highest BCUT2D eigenvalue weighted by atomic mass is 79.9. The molecule has 5 heteroatoms. The van der Waals surface area contributed by atoms with E-state index in [0.29, 0.717) is 0 Å². The van der Waals surface area contributed by atoms with E-state index in [1.54, 1.807) is 0 Å². The van der Waals surface area contributed by atoms with E-state index in [4.69, 9.17) is 5.10 Å². The first kappa shape index (κ1) is 18.3. The fraction of sp³-hybridized carbons (Fsp3) is 0.417. The maximum atomic E-state index is 5.20. The van der Waals surface area contributed by atoms with Gasteiger partial charge in [0.15, 0.2) is 5.82 Å². The highest BCUT2D eigenvalue weighted by molar-refractivity contribution is 9.10. The van der Waals surface area contributed by atoms with Gasteiger partial charge < -0.3 is 4.57 Å². The summed E-state index contributed by atoms with van der Waals surface area (Å²) in [4.78, 5) is 0. The average molecular weight is 513 g/mol. The Hall–Kier alpha value is -1.46. The third kappa shape index (κ3) is 3.12. The minimum atomic E-state index is 0.166. The van der Waals surface area contributed by atoms with Crippen LogP contribution in [0.4, 0.5) is 0 Å². The van der Waals surface area contributed by atoms with Crippen LogP contribution in [-0.2, 0) is 5.54 Å². The molecule has 0 spiro atoms. The third-order valence-corrected chi connectivity index (χ3v) is 8.30. The quantitative estimate of drug-likeness (QED) is 0.308. The van der Waals surface area contributed by atoms with Gasteiger partial charge in [0.25, 0.3) is 0 Å². The van der Waals surface area contributed by atoms with E-state index < -0.39 is 0 Å². The molecule has 4 saturated carbocycles. The molecule has 2 aromatic carbocycles. The largest absolute Gasteiger partial charge is 0.336 e. The number of nitrogens with zero attached hydrogens (tertiary/aromatic N) is 3. The lowest BCUT2D eigenvalue weighted by atomic mass is 9.53. The van der Waals surface area contributed by atoms with Gasteiger partial charge in [0.2, 0.25) is 6.33 Å². The fourth-order valence-corrected chi connectivity index (χ4v) is 6.92. The highest BCUT2D eigenvalue weighted by Gasteiger charge is 2.54. The lowest BCUT2D eigenvalue weighted by molar-refractivity contribution is -0.826. The van der Waals surface area contributed by atoms with E-state index >= 15 is 0 Å². The van der Waals surface area contributed by atoms with Crippen LogP contribution < -0.4 is 4.68 Å². The number of hydrogen-bond donors (Lipinski definition) is 0. The van der Waals surface area contributed by atoms with E-state index in [0.717, 1.165) is 43.8 Å². The summed E-state index contributed by atoms with van der Waals surface area (Å²) in [6.07, 6.45) is 11.8. The Labute approximate surface area is 188 Å². The normalized spacial score (nSPS) is 30.1. The van der Waals surface area contributed by atoms with E-state index in [-0.39, 0.29) is 5.54 Å². The van der Waals surface area contributed by atoms with E-state index in [1.165, 1.54) is 38.5 Å². The Kier molecular flexibility index (Phi) is 4.28. The van der Waals surface area contributed by atoms with Crippen molar-refractivity contribution >= 4 is 31.9 Å². The van der Waals surface area contributed by atoms with Crippen molar-refractivity contribution in [1.29, 1.82) is 0 Å². The maximum Gasteiger partial charge on any atom is 0.235 e. The van der Waals surface area contributed by atoms with E-state index in [2.05, 4.69) is 96.0 Å². The van der Waals surface area contributed by atoms with Gasteiger partial charge in [-0.05, 0) is 74.0 Å². The van der Waals surface area contributed by atoms with Crippen LogP contribution in [0.5, 0.6) is 0 Å². The standard InChI is InChI=1S/C24H23Br2N3/c25-20-3-1-19(2-4-20)23-27-29(15-28(23)22-7-5-21(26)6-8-22)24-12-16-9-17(13-24)11-18(10-16)14-24/h1-8,16-18H,9-14H2. The van der Waals surface area contributed by atoms with Gasteiger partial charge in [-0.2, -0.15) is 4.68 Å². The van der Waals surface area contributed by atoms with Crippen LogP contribution in [0.3, 0.4) is 0 Å². The molecule has 0 aliphatic heterocycles. The van der Waals surface area contributed by atoms with Crippen LogP contribution in [0.15, 0.2) is 57.5 Å². The molecule has 4 aliphatic carbocycles. The molecule has 0 radical (unpaired) electrons. The second-order valence-corrected chi connectivity index (χ2v) is 11.1. The SMILES string of the molecule is Brc1ccc(-c2n[n+](C34CC5CC(CC(C5)C3)C4)[c-]n2-c2ccc(Br)cc2)cc1. The summed E-state index contributed by atoms with van der Waals surface area (Å²) in [5.41, 5.74) is 2.39. The first-order chi connectivity index (χ1) is 14.1. The van der Waals surface area contributed by atoms with Gasteiger partial charge in [0.1, 0.15) is 5.54 Å². The molecule has 3 nitrogen and oxygen atoms in total. The first-order valence-corrected chi connectivity index (χ1v) is 12.1. The predicted octanol–water partition coefficient (Wildman–Crippen LogP) is 6.08. The molecule has 29 heavy (non-hydrogen) atoms. The zero-order chi connectivity index (χ0) is 19.6. The number of halogens is 2. The highest BCUT2D eigenvalue weighted by Crippen LogP contribution is 2.56. The van der Waals surface area contributed by atoms with Gasteiger partial charge in [-0.15, -0.1) is 5.10 Å². The number of aromatic nitrogens is 3. The zero-order valence-electron chi connectivity index (χ0n) is 16.2. The third-order valence-electron chi connectivity index (χ3n) is 7.24. The summed E-state index contributed by atoms with van der Waals surface area (Å²) >= 11 is 7.11. The molecule has 1 aromatic heterocycles. The van der Waals surface area contributed by atoms with Crippen molar-refractivity contribution in [2.45, 2.75) is 44.1 Å². The lowest BCUT2D eigenvalue weighted by Crippen LogP contribution is -2.65. The Morgan fingerprint density at radius 3 is 1.90 bits per heavy atom. The van der Waals surface area contributed by atoms with E-state index in [9.17, 15) is 0 Å². The van der Waals surface area contributed by atoms with Gasteiger partial charge in [-0.3, -0.25) is 0 Å².